The SMILES string of the molecule is NN.NOC1C[C@@H](O)[C@@H](O)C1.O.O.O=C1NC(=O)c2ccccc21.O=C1c2ccccc2C(=O)N1OC1CC=CC1.O=C1c2ccccc2C(=O)N1OC1C[C@@H](O)[C@@H](O)C1.OC1CC=CC1. The molecule has 4 aliphatic carbocycles. The number of imide groups is 3. The van der Waals surface area contributed by atoms with Crippen LogP contribution in [0.3, 0.4) is 0 Å². The zero-order valence-corrected chi connectivity index (χ0v) is 35.6. The van der Waals surface area contributed by atoms with Crippen molar-refractivity contribution in [2.75, 3.05) is 0 Å². The van der Waals surface area contributed by atoms with Crippen LogP contribution in [0.4, 0.5) is 0 Å². The predicted molar refractivity (Wildman–Crippen MR) is 232 cm³/mol. The van der Waals surface area contributed by atoms with Crippen LogP contribution in [0, 0.1) is 0 Å². The second-order valence-corrected chi connectivity index (χ2v) is 15.2. The summed E-state index contributed by atoms with van der Waals surface area (Å²) in [5.74, 6) is 10.5. The first-order valence-electron chi connectivity index (χ1n) is 20.4. The van der Waals surface area contributed by atoms with Gasteiger partial charge in [0.25, 0.3) is 35.4 Å². The van der Waals surface area contributed by atoms with Crippen LogP contribution in [0.1, 0.15) is 114 Å². The first-order valence-corrected chi connectivity index (χ1v) is 20.4. The Bertz CT molecular complexity index is 2080. The van der Waals surface area contributed by atoms with Crippen molar-refractivity contribution >= 4 is 35.4 Å². The molecule has 6 amide bonds. The summed E-state index contributed by atoms with van der Waals surface area (Å²) in [5, 5.41) is 49.2. The first-order chi connectivity index (χ1) is 30.8. The maximum absolute atomic E-state index is 12.0. The maximum Gasteiger partial charge on any atom is 0.285 e. The van der Waals surface area contributed by atoms with Gasteiger partial charge in [-0.05, 0) is 62.1 Å². The third kappa shape index (κ3) is 13.3. The molecule has 6 atom stereocenters. The monoisotopic (exact) mass is 924 g/mol. The minimum atomic E-state index is -0.875. The zero-order chi connectivity index (χ0) is 46.5. The molecule has 0 aromatic heterocycles. The molecule has 0 saturated heterocycles. The number of fused-ring (bicyclic) bond motifs is 3. The molecule has 358 valence electrons. The number of nitrogens with two attached hydrogens (primary N) is 3. The van der Waals surface area contributed by atoms with E-state index in [4.69, 9.17) is 30.9 Å². The summed E-state index contributed by atoms with van der Waals surface area (Å²) >= 11 is 0. The second-order valence-electron chi connectivity index (χ2n) is 15.2. The van der Waals surface area contributed by atoms with Crippen LogP contribution in [0.15, 0.2) is 97.1 Å². The van der Waals surface area contributed by atoms with E-state index < -0.39 is 42.3 Å². The molecule has 2 fully saturated rings. The van der Waals surface area contributed by atoms with Gasteiger partial charge in [0.1, 0.15) is 0 Å². The summed E-state index contributed by atoms with van der Waals surface area (Å²) in [6.07, 6.45) is 8.56. The number of amides is 6. The molecular formula is C44H56N6O16. The molecule has 2 unspecified atom stereocenters. The van der Waals surface area contributed by atoms with E-state index in [0.717, 1.165) is 35.8 Å². The number of nitrogens with one attached hydrogen (secondary N) is 1. The van der Waals surface area contributed by atoms with E-state index in [1.165, 1.54) is 0 Å². The van der Waals surface area contributed by atoms with Gasteiger partial charge in [-0.2, -0.15) is 0 Å². The lowest BCUT2D eigenvalue weighted by atomic mass is 10.1. The molecule has 0 spiro atoms. The molecule has 2 saturated carbocycles. The lowest BCUT2D eigenvalue weighted by Gasteiger charge is -2.18. The summed E-state index contributed by atoms with van der Waals surface area (Å²) in [7, 11) is 0. The average Bonchev–Trinajstić information content (AvgIpc) is 4.21. The molecule has 22 nitrogen and oxygen atoms in total. The van der Waals surface area contributed by atoms with E-state index in [9.17, 15) is 39.0 Å². The highest BCUT2D eigenvalue weighted by atomic mass is 16.7. The fourth-order valence-corrected chi connectivity index (χ4v) is 7.32. The average molecular weight is 925 g/mol. The van der Waals surface area contributed by atoms with E-state index in [2.05, 4.69) is 21.8 Å². The van der Waals surface area contributed by atoms with Crippen LogP contribution < -0.4 is 22.9 Å². The van der Waals surface area contributed by atoms with Crippen molar-refractivity contribution in [1.82, 2.24) is 15.4 Å². The molecule has 66 heavy (non-hydrogen) atoms. The number of hydrazine groups is 1. The lowest BCUT2D eigenvalue weighted by Crippen LogP contribution is -2.34. The Hall–Kier alpha value is -5.96. The van der Waals surface area contributed by atoms with Crippen molar-refractivity contribution in [2.24, 2.45) is 17.6 Å². The number of hydrogen-bond donors (Lipinski definition) is 9. The van der Waals surface area contributed by atoms with E-state index in [1.807, 2.05) is 24.3 Å². The number of nitrogens with zero attached hydrogens (tertiary/aromatic N) is 2. The number of aliphatic hydroxyl groups is 5. The smallest absolute Gasteiger partial charge is 0.285 e. The van der Waals surface area contributed by atoms with Gasteiger partial charge in [0.15, 0.2) is 0 Å². The topological polar surface area (TPSA) is 391 Å². The number of aliphatic hydroxyl groups excluding tert-OH is 5. The Balaban J connectivity index is 0.000000225. The first kappa shape index (κ1) is 54.4. The normalized spacial score (nSPS) is 24.1. The third-order valence-corrected chi connectivity index (χ3v) is 10.7. The van der Waals surface area contributed by atoms with Gasteiger partial charge in [-0.3, -0.25) is 55.4 Å². The minimum absolute atomic E-state index is 0. The zero-order valence-electron chi connectivity index (χ0n) is 35.6. The molecule has 16 N–H and O–H groups in total. The number of benzene rings is 3. The summed E-state index contributed by atoms with van der Waals surface area (Å²) < 4.78 is 0. The minimum Gasteiger partial charge on any atom is -0.412 e. The van der Waals surface area contributed by atoms with Crippen LogP contribution in [0.2, 0.25) is 0 Å². The third-order valence-electron chi connectivity index (χ3n) is 10.7. The molecule has 7 aliphatic rings. The van der Waals surface area contributed by atoms with Gasteiger partial charge in [-0.25, -0.2) is 5.90 Å². The molecule has 10 rings (SSSR count). The fourth-order valence-electron chi connectivity index (χ4n) is 7.32. The Morgan fingerprint density at radius 3 is 1.03 bits per heavy atom. The molecule has 3 aromatic carbocycles. The highest BCUT2D eigenvalue weighted by Gasteiger charge is 2.42. The number of hydrogen-bond acceptors (Lipinski definition) is 17. The highest BCUT2D eigenvalue weighted by Crippen LogP contribution is 2.29. The van der Waals surface area contributed by atoms with Crippen LogP contribution in [0.25, 0.3) is 0 Å². The molecule has 3 heterocycles. The van der Waals surface area contributed by atoms with Gasteiger partial charge in [-0.1, -0.05) is 60.7 Å². The van der Waals surface area contributed by atoms with Crippen molar-refractivity contribution < 1.29 is 79.8 Å². The summed E-state index contributed by atoms with van der Waals surface area (Å²) in [6.45, 7) is 0. The van der Waals surface area contributed by atoms with Gasteiger partial charge in [0, 0.05) is 25.7 Å². The summed E-state index contributed by atoms with van der Waals surface area (Å²) in [5.41, 5.74) is 2.40. The molecular weight excluding hydrogens is 869 g/mol. The van der Waals surface area contributed by atoms with E-state index >= 15 is 0 Å². The fraction of sp³-hybridized carbons (Fsp3) is 0.364. The van der Waals surface area contributed by atoms with Crippen LogP contribution >= 0.6 is 0 Å². The quantitative estimate of drug-likeness (QED) is 0.0656. The largest absolute Gasteiger partial charge is 0.412 e. The van der Waals surface area contributed by atoms with Crippen molar-refractivity contribution in [2.45, 2.75) is 100 Å². The maximum atomic E-state index is 12.0. The predicted octanol–water partition coefficient (Wildman–Crippen LogP) is -0.771. The van der Waals surface area contributed by atoms with Gasteiger partial charge in [-0.15, -0.1) is 10.1 Å². The summed E-state index contributed by atoms with van der Waals surface area (Å²) in [4.78, 5) is 85.0. The van der Waals surface area contributed by atoms with Gasteiger partial charge >= 0.3 is 0 Å². The lowest BCUT2D eigenvalue weighted by molar-refractivity contribution is -0.132. The molecule has 3 aromatic rings. The number of rotatable bonds is 5. The van der Waals surface area contributed by atoms with Crippen LogP contribution in [0.5, 0.6) is 0 Å². The Labute approximate surface area is 378 Å². The molecule has 0 radical (unpaired) electrons. The van der Waals surface area contributed by atoms with Crippen molar-refractivity contribution in [3.63, 3.8) is 0 Å². The number of carbonyl (C=O) groups is 6. The Morgan fingerprint density at radius 1 is 0.455 bits per heavy atom. The Morgan fingerprint density at radius 2 is 0.742 bits per heavy atom. The van der Waals surface area contributed by atoms with E-state index in [-0.39, 0.29) is 65.7 Å². The van der Waals surface area contributed by atoms with E-state index in [0.29, 0.717) is 46.2 Å². The molecule has 22 heteroatoms. The van der Waals surface area contributed by atoms with Crippen molar-refractivity contribution in [1.29, 1.82) is 0 Å². The molecule has 3 aliphatic heterocycles. The number of carbonyl (C=O) groups excluding carboxylic acids is 6. The van der Waals surface area contributed by atoms with Crippen molar-refractivity contribution in [3.05, 3.63) is 130 Å². The van der Waals surface area contributed by atoms with E-state index in [1.54, 1.807) is 72.8 Å². The highest BCUT2D eigenvalue weighted by molar-refractivity contribution is 6.22. The van der Waals surface area contributed by atoms with Gasteiger partial charge < -0.3 is 41.3 Å². The van der Waals surface area contributed by atoms with Crippen LogP contribution in [-0.2, 0) is 14.5 Å². The van der Waals surface area contributed by atoms with Crippen molar-refractivity contribution in [3.8, 4) is 0 Å². The standard InChI is InChI=1S/C13H13NO5.C13H11NO3.C8H5NO2.C5H11NO3.C5H8O.H4N2.2H2O/c15-10-5-7(6-11(10)16)19-14-12(17)8-3-1-2-4-9(8)13(14)18;15-12-10-7-3-4-8-11(10)13(16)14(12)17-9-5-1-2-6-9;10-7-5-3-1-2-4-6(5)8(11)9-7;6-9-3-1-4(7)5(8)2-3;6-5-3-1-2-4-5;1-2;;/h1-4,7,10-11,15-16H,5-6H2;1-4,7-9H,5-6H2;1-4H,(H,9,10,11);3-5,7-8H,1-2,6H2;1-2,5-6H,3-4H2;1-2H2;2*1H2/t7?,10-,11+;;;3?,4-,5+;;;;. The van der Waals surface area contributed by atoms with Gasteiger partial charge in [0.05, 0.1) is 82.2 Å². The summed E-state index contributed by atoms with van der Waals surface area (Å²) in [6, 6.07) is 20.0. The Kier molecular flexibility index (Phi) is 21.1. The number of hydroxylamine groups is 4. The van der Waals surface area contributed by atoms with Crippen LogP contribution in [-0.4, -0.2) is 131 Å². The second kappa shape index (κ2) is 25.7. The molecule has 0 bridgehead atoms. The van der Waals surface area contributed by atoms with Gasteiger partial charge in [0.2, 0.25) is 0 Å².